The highest BCUT2D eigenvalue weighted by Crippen LogP contribution is 2.29. The van der Waals surface area contributed by atoms with Crippen LogP contribution in [-0.2, 0) is 4.74 Å². The largest absolute Gasteiger partial charge is 0.444 e. The van der Waals surface area contributed by atoms with Crippen molar-refractivity contribution in [3.05, 3.63) is 0 Å². The van der Waals surface area contributed by atoms with E-state index in [4.69, 9.17) is 10.5 Å². The molecule has 100 valence electrons. The van der Waals surface area contributed by atoms with E-state index >= 15 is 0 Å². The van der Waals surface area contributed by atoms with Gasteiger partial charge in [-0.3, -0.25) is 0 Å². The molecule has 1 aliphatic carbocycles. The number of ether oxygens (including phenoxy) is 1. The van der Waals surface area contributed by atoms with Gasteiger partial charge in [-0.2, -0.15) is 0 Å². The third kappa shape index (κ3) is 5.91. The van der Waals surface area contributed by atoms with Crippen LogP contribution in [0.5, 0.6) is 0 Å². The highest BCUT2D eigenvalue weighted by atomic mass is 16.6. The van der Waals surface area contributed by atoms with Gasteiger partial charge in [0.1, 0.15) is 5.60 Å². The maximum atomic E-state index is 11.5. The Morgan fingerprint density at radius 2 is 1.94 bits per heavy atom. The molecule has 1 amide bonds. The van der Waals surface area contributed by atoms with Crippen molar-refractivity contribution in [1.29, 1.82) is 0 Å². The van der Waals surface area contributed by atoms with Gasteiger partial charge in [0.15, 0.2) is 0 Å². The number of hydrogen-bond acceptors (Lipinski definition) is 3. The van der Waals surface area contributed by atoms with E-state index in [0.29, 0.717) is 12.5 Å². The van der Waals surface area contributed by atoms with Gasteiger partial charge in [-0.25, -0.2) is 4.79 Å². The molecule has 0 heterocycles. The number of carbonyl (C=O) groups excluding carboxylic acids is 1. The van der Waals surface area contributed by atoms with Crippen molar-refractivity contribution in [2.24, 2.45) is 11.7 Å². The van der Waals surface area contributed by atoms with Crippen LogP contribution in [0.4, 0.5) is 4.79 Å². The molecule has 0 aromatic carbocycles. The predicted octanol–water partition coefficient (Wildman–Crippen LogP) is 2.42. The zero-order valence-electron chi connectivity index (χ0n) is 11.5. The molecular weight excluding hydrogens is 216 g/mol. The van der Waals surface area contributed by atoms with E-state index in [2.05, 4.69) is 12.2 Å². The van der Waals surface area contributed by atoms with Crippen molar-refractivity contribution >= 4 is 6.09 Å². The molecule has 0 atom stereocenters. The second kappa shape index (κ2) is 5.25. The summed E-state index contributed by atoms with van der Waals surface area (Å²) in [6.45, 7) is 8.41. The fraction of sp³-hybridized carbons (Fsp3) is 0.923. The van der Waals surface area contributed by atoms with Crippen LogP contribution < -0.4 is 11.1 Å². The Labute approximate surface area is 104 Å². The molecule has 0 spiro atoms. The summed E-state index contributed by atoms with van der Waals surface area (Å²) in [7, 11) is 0. The lowest BCUT2D eigenvalue weighted by Gasteiger charge is -2.34. The van der Waals surface area contributed by atoms with E-state index in [-0.39, 0.29) is 11.6 Å². The Morgan fingerprint density at radius 1 is 1.41 bits per heavy atom. The zero-order chi connectivity index (χ0) is 13.1. The molecule has 0 bridgehead atoms. The van der Waals surface area contributed by atoms with Gasteiger partial charge in [0.05, 0.1) is 0 Å². The topological polar surface area (TPSA) is 64.3 Å². The van der Waals surface area contributed by atoms with Crippen molar-refractivity contribution in [2.45, 2.75) is 64.5 Å². The predicted molar refractivity (Wildman–Crippen MR) is 68.8 cm³/mol. The molecule has 1 aliphatic rings. The van der Waals surface area contributed by atoms with Crippen molar-refractivity contribution < 1.29 is 9.53 Å². The van der Waals surface area contributed by atoms with Crippen LogP contribution >= 0.6 is 0 Å². The summed E-state index contributed by atoms with van der Waals surface area (Å²) in [6, 6.07) is 0. The van der Waals surface area contributed by atoms with Crippen LogP contribution in [0.25, 0.3) is 0 Å². The lowest BCUT2D eigenvalue weighted by molar-refractivity contribution is 0.0513. The molecule has 0 aromatic rings. The fourth-order valence-electron chi connectivity index (χ4n) is 2.08. The highest BCUT2D eigenvalue weighted by Gasteiger charge is 2.27. The van der Waals surface area contributed by atoms with Crippen LogP contribution in [0.1, 0.15) is 53.4 Å². The summed E-state index contributed by atoms with van der Waals surface area (Å²) in [4.78, 5) is 11.5. The molecule has 0 aliphatic heterocycles. The minimum absolute atomic E-state index is 0.0115. The van der Waals surface area contributed by atoms with Crippen LogP contribution in [0.3, 0.4) is 0 Å². The third-order valence-electron chi connectivity index (χ3n) is 3.18. The highest BCUT2D eigenvalue weighted by molar-refractivity contribution is 5.67. The number of amides is 1. The summed E-state index contributed by atoms with van der Waals surface area (Å²) < 4.78 is 5.19. The molecule has 4 heteroatoms. The van der Waals surface area contributed by atoms with Gasteiger partial charge in [-0.1, -0.05) is 0 Å². The summed E-state index contributed by atoms with van der Waals surface area (Å²) in [5.41, 5.74) is 5.63. The average Bonchev–Trinajstić information content (AvgIpc) is 2.13. The zero-order valence-corrected chi connectivity index (χ0v) is 11.5. The molecular formula is C13H26N2O2. The summed E-state index contributed by atoms with van der Waals surface area (Å²) in [5, 5.41) is 2.83. The summed E-state index contributed by atoms with van der Waals surface area (Å²) >= 11 is 0. The number of rotatable bonds is 2. The normalized spacial score (nSPS) is 29.8. The molecule has 0 unspecified atom stereocenters. The van der Waals surface area contributed by atoms with Crippen molar-refractivity contribution in [2.75, 3.05) is 6.54 Å². The molecule has 0 aromatic heterocycles. The minimum atomic E-state index is -0.424. The molecule has 4 nitrogen and oxygen atoms in total. The quantitative estimate of drug-likeness (QED) is 0.781. The Hall–Kier alpha value is -0.770. The van der Waals surface area contributed by atoms with E-state index in [1.807, 2.05) is 20.8 Å². The smallest absolute Gasteiger partial charge is 0.407 e. The van der Waals surface area contributed by atoms with E-state index in [1.54, 1.807) is 0 Å². The first-order valence-corrected chi connectivity index (χ1v) is 6.44. The minimum Gasteiger partial charge on any atom is -0.444 e. The van der Waals surface area contributed by atoms with Crippen LogP contribution in [-0.4, -0.2) is 23.8 Å². The van der Waals surface area contributed by atoms with Crippen molar-refractivity contribution in [3.63, 3.8) is 0 Å². The Morgan fingerprint density at radius 3 is 2.41 bits per heavy atom. The van der Waals surface area contributed by atoms with E-state index in [0.717, 1.165) is 25.7 Å². The third-order valence-corrected chi connectivity index (χ3v) is 3.18. The monoisotopic (exact) mass is 242 g/mol. The maximum Gasteiger partial charge on any atom is 0.407 e. The molecule has 1 saturated carbocycles. The number of nitrogens with one attached hydrogen (secondary N) is 1. The number of alkyl carbamates (subject to hydrolysis) is 1. The van der Waals surface area contributed by atoms with Crippen molar-refractivity contribution in [3.8, 4) is 0 Å². The Balaban J connectivity index is 2.22. The summed E-state index contributed by atoms with van der Waals surface area (Å²) in [5.74, 6) is 0.541. The molecule has 3 N–H and O–H groups in total. The molecule has 0 radical (unpaired) electrons. The first-order chi connectivity index (χ1) is 7.68. The summed E-state index contributed by atoms with van der Waals surface area (Å²) in [6.07, 6.45) is 3.92. The van der Waals surface area contributed by atoms with E-state index in [1.165, 1.54) is 0 Å². The first kappa shape index (κ1) is 14.3. The number of hydrogen-bond donors (Lipinski definition) is 2. The maximum absolute atomic E-state index is 11.5. The lowest BCUT2D eigenvalue weighted by atomic mass is 9.78. The standard InChI is InChI=1S/C13H26N2O2/c1-12(2,3)17-11(16)15-9-10-5-7-13(4,14)8-6-10/h10H,5-9,14H2,1-4H3,(H,15,16)/t10-,13-. The molecule has 1 fully saturated rings. The Kier molecular flexibility index (Phi) is 4.42. The Bertz CT molecular complexity index is 259. The number of carbonyl (C=O) groups is 1. The second-order valence-corrected chi connectivity index (χ2v) is 6.48. The van der Waals surface area contributed by atoms with Gasteiger partial charge in [-0.05, 0) is 59.3 Å². The second-order valence-electron chi connectivity index (χ2n) is 6.48. The van der Waals surface area contributed by atoms with Crippen LogP contribution in [0.2, 0.25) is 0 Å². The fourth-order valence-corrected chi connectivity index (χ4v) is 2.08. The van der Waals surface area contributed by atoms with Crippen LogP contribution in [0.15, 0.2) is 0 Å². The first-order valence-electron chi connectivity index (χ1n) is 6.44. The average molecular weight is 242 g/mol. The number of nitrogens with two attached hydrogens (primary N) is 1. The van der Waals surface area contributed by atoms with Gasteiger partial charge in [-0.15, -0.1) is 0 Å². The van der Waals surface area contributed by atoms with Gasteiger partial charge >= 0.3 is 6.09 Å². The van der Waals surface area contributed by atoms with Gasteiger partial charge in [0, 0.05) is 12.1 Å². The molecule has 1 rings (SSSR count). The SMILES string of the molecule is CC(C)(C)OC(=O)NC[C@H]1CC[C@](C)(N)CC1. The van der Waals surface area contributed by atoms with E-state index in [9.17, 15) is 4.79 Å². The lowest BCUT2D eigenvalue weighted by Crippen LogP contribution is -2.42. The van der Waals surface area contributed by atoms with Gasteiger partial charge in [0.2, 0.25) is 0 Å². The molecule has 17 heavy (non-hydrogen) atoms. The van der Waals surface area contributed by atoms with Crippen LogP contribution in [0, 0.1) is 5.92 Å². The van der Waals surface area contributed by atoms with Gasteiger partial charge < -0.3 is 15.8 Å². The van der Waals surface area contributed by atoms with Gasteiger partial charge in [0.25, 0.3) is 0 Å². The molecule has 0 saturated heterocycles. The van der Waals surface area contributed by atoms with Crippen molar-refractivity contribution in [1.82, 2.24) is 5.32 Å². The van der Waals surface area contributed by atoms with E-state index < -0.39 is 5.60 Å².